The molecule has 23 heavy (non-hydrogen) atoms. The lowest BCUT2D eigenvalue weighted by Crippen LogP contribution is -2.30. The summed E-state index contributed by atoms with van der Waals surface area (Å²) in [5, 5.41) is 7.16. The highest BCUT2D eigenvalue weighted by atomic mass is 32.2. The lowest BCUT2D eigenvalue weighted by Gasteiger charge is -2.20. The van der Waals surface area contributed by atoms with Crippen LogP contribution in [0.2, 0.25) is 0 Å². The number of oxime groups is 1. The van der Waals surface area contributed by atoms with Gasteiger partial charge >= 0.3 is 0 Å². The van der Waals surface area contributed by atoms with Crippen molar-refractivity contribution in [3.05, 3.63) is 35.4 Å². The number of thioether (sulfide) groups is 1. The summed E-state index contributed by atoms with van der Waals surface area (Å²) in [6.07, 6.45) is 2.28. The molecular formula is C17H20N2O3S. The molecule has 2 heterocycles. The molecule has 2 unspecified atom stereocenters. The maximum atomic E-state index is 11.6. The SMILES string of the molecule is CC(=O)NCC1CC(c2ccc(C3CCSC(=O)C3)cc2)=NO1. The summed E-state index contributed by atoms with van der Waals surface area (Å²) in [5.74, 6) is 1.19. The average Bonchev–Trinajstić information content (AvgIpc) is 3.02. The second-order valence-electron chi connectivity index (χ2n) is 5.94. The molecule has 1 fully saturated rings. The van der Waals surface area contributed by atoms with Gasteiger partial charge in [-0.15, -0.1) is 0 Å². The number of carbonyl (C=O) groups excluding carboxylic acids is 2. The summed E-state index contributed by atoms with van der Waals surface area (Å²) in [4.78, 5) is 27.9. The Morgan fingerprint density at radius 2 is 2.13 bits per heavy atom. The summed E-state index contributed by atoms with van der Waals surface area (Å²) < 4.78 is 0. The predicted octanol–water partition coefficient (Wildman–Crippen LogP) is 2.45. The first kappa shape index (κ1) is 16.1. The van der Waals surface area contributed by atoms with Crippen molar-refractivity contribution < 1.29 is 14.4 Å². The summed E-state index contributed by atoms with van der Waals surface area (Å²) >= 11 is 1.44. The van der Waals surface area contributed by atoms with E-state index in [1.165, 1.54) is 24.2 Å². The first-order chi connectivity index (χ1) is 11.1. The normalized spacial score (nSPS) is 24.0. The van der Waals surface area contributed by atoms with E-state index in [0.717, 1.165) is 23.4 Å². The molecule has 0 bridgehead atoms. The smallest absolute Gasteiger partial charge is 0.217 e. The van der Waals surface area contributed by atoms with Gasteiger partial charge in [-0.3, -0.25) is 9.59 Å². The largest absolute Gasteiger partial charge is 0.390 e. The van der Waals surface area contributed by atoms with E-state index in [1.807, 2.05) is 12.1 Å². The van der Waals surface area contributed by atoms with Gasteiger partial charge in [-0.2, -0.15) is 0 Å². The number of benzene rings is 1. The molecule has 0 saturated carbocycles. The Balaban J connectivity index is 1.59. The van der Waals surface area contributed by atoms with Crippen LogP contribution in [0.4, 0.5) is 0 Å². The molecule has 6 heteroatoms. The van der Waals surface area contributed by atoms with Gasteiger partial charge in [0.15, 0.2) is 5.12 Å². The van der Waals surface area contributed by atoms with E-state index in [-0.39, 0.29) is 12.0 Å². The zero-order chi connectivity index (χ0) is 16.2. The first-order valence-corrected chi connectivity index (χ1v) is 8.83. The number of nitrogens with zero attached hydrogens (tertiary/aromatic N) is 1. The number of amides is 1. The zero-order valence-corrected chi connectivity index (χ0v) is 13.9. The van der Waals surface area contributed by atoms with Crippen LogP contribution in [0, 0.1) is 0 Å². The first-order valence-electron chi connectivity index (χ1n) is 7.85. The fraction of sp³-hybridized carbons (Fsp3) is 0.471. The lowest BCUT2D eigenvalue weighted by atomic mass is 9.92. The van der Waals surface area contributed by atoms with E-state index in [2.05, 4.69) is 22.6 Å². The highest BCUT2D eigenvalue weighted by Gasteiger charge is 2.24. The van der Waals surface area contributed by atoms with E-state index in [9.17, 15) is 9.59 Å². The highest BCUT2D eigenvalue weighted by Crippen LogP contribution is 2.32. The Kier molecular flexibility index (Phi) is 5.00. The molecule has 2 atom stereocenters. The Labute approximate surface area is 139 Å². The molecule has 2 aliphatic heterocycles. The molecule has 1 saturated heterocycles. The van der Waals surface area contributed by atoms with Crippen LogP contribution in [0.1, 0.15) is 43.2 Å². The third-order valence-corrected chi connectivity index (χ3v) is 5.10. The number of carbonyl (C=O) groups is 2. The van der Waals surface area contributed by atoms with E-state index in [1.54, 1.807) is 0 Å². The molecule has 1 N–H and O–H groups in total. The molecule has 1 aromatic rings. The van der Waals surface area contributed by atoms with Crippen LogP contribution in [0.3, 0.4) is 0 Å². The van der Waals surface area contributed by atoms with Crippen molar-refractivity contribution in [2.24, 2.45) is 5.16 Å². The Morgan fingerprint density at radius 3 is 2.83 bits per heavy atom. The van der Waals surface area contributed by atoms with Gasteiger partial charge in [-0.05, 0) is 23.5 Å². The van der Waals surface area contributed by atoms with Crippen molar-refractivity contribution in [2.75, 3.05) is 12.3 Å². The summed E-state index contributed by atoms with van der Waals surface area (Å²) in [5.41, 5.74) is 3.16. The number of nitrogens with one attached hydrogen (secondary N) is 1. The predicted molar refractivity (Wildman–Crippen MR) is 90.6 cm³/mol. The van der Waals surface area contributed by atoms with E-state index in [4.69, 9.17) is 4.84 Å². The Hall–Kier alpha value is -1.82. The second kappa shape index (κ2) is 7.17. The van der Waals surface area contributed by atoms with Crippen LogP contribution < -0.4 is 5.32 Å². The van der Waals surface area contributed by atoms with Gasteiger partial charge in [0.05, 0.1) is 12.3 Å². The van der Waals surface area contributed by atoms with Crippen LogP contribution in [0.15, 0.2) is 29.4 Å². The molecule has 5 nitrogen and oxygen atoms in total. The summed E-state index contributed by atoms with van der Waals surface area (Å²) in [6, 6.07) is 8.27. The van der Waals surface area contributed by atoms with Crippen LogP contribution >= 0.6 is 11.8 Å². The molecule has 0 aliphatic carbocycles. The van der Waals surface area contributed by atoms with Gasteiger partial charge in [-0.25, -0.2) is 0 Å². The number of hydrogen-bond donors (Lipinski definition) is 1. The van der Waals surface area contributed by atoms with Crippen molar-refractivity contribution in [1.82, 2.24) is 5.32 Å². The third-order valence-electron chi connectivity index (χ3n) is 4.17. The van der Waals surface area contributed by atoms with Gasteiger partial charge in [-0.1, -0.05) is 41.2 Å². The van der Waals surface area contributed by atoms with Crippen LogP contribution in [0.25, 0.3) is 0 Å². The standard InChI is InChI=1S/C17H20N2O3S/c1-11(20)18-10-15-9-16(19-22-15)13-4-2-12(3-5-13)14-6-7-23-17(21)8-14/h2-5,14-15H,6-10H2,1H3,(H,18,20). The fourth-order valence-corrected chi connectivity index (χ4v) is 3.82. The van der Waals surface area contributed by atoms with Gasteiger partial charge < -0.3 is 10.2 Å². The van der Waals surface area contributed by atoms with Crippen molar-refractivity contribution >= 4 is 28.5 Å². The van der Waals surface area contributed by atoms with E-state index in [0.29, 0.717) is 30.4 Å². The molecule has 3 rings (SSSR count). The van der Waals surface area contributed by atoms with Crippen LogP contribution in [0.5, 0.6) is 0 Å². The molecule has 122 valence electrons. The minimum absolute atomic E-state index is 0.0633. The molecule has 1 amide bonds. The minimum atomic E-state index is -0.0958. The van der Waals surface area contributed by atoms with E-state index >= 15 is 0 Å². The summed E-state index contributed by atoms with van der Waals surface area (Å²) in [6.45, 7) is 1.96. The van der Waals surface area contributed by atoms with Crippen molar-refractivity contribution in [3.8, 4) is 0 Å². The average molecular weight is 332 g/mol. The lowest BCUT2D eigenvalue weighted by molar-refractivity contribution is -0.119. The van der Waals surface area contributed by atoms with Crippen molar-refractivity contribution in [2.45, 2.75) is 38.2 Å². The minimum Gasteiger partial charge on any atom is -0.390 e. The molecule has 0 spiro atoms. The number of rotatable bonds is 4. The zero-order valence-electron chi connectivity index (χ0n) is 13.1. The second-order valence-corrected chi connectivity index (χ2v) is 7.09. The Bertz CT molecular complexity index is 627. The van der Waals surface area contributed by atoms with Gasteiger partial charge in [0.25, 0.3) is 0 Å². The monoisotopic (exact) mass is 332 g/mol. The van der Waals surface area contributed by atoms with Gasteiger partial charge in [0, 0.05) is 25.5 Å². The third kappa shape index (κ3) is 4.13. The van der Waals surface area contributed by atoms with Crippen LogP contribution in [-0.2, 0) is 14.4 Å². The highest BCUT2D eigenvalue weighted by molar-refractivity contribution is 8.13. The van der Waals surface area contributed by atoms with Crippen molar-refractivity contribution in [3.63, 3.8) is 0 Å². The topological polar surface area (TPSA) is 67.8 Å². The van der Waals surface area contributed by atoms with Gasteiger partial charge in [0.2, 0.25) is 5.91 Å². The maximum Gasteiger partial charge on any atom is 0.217 e. The quantitative estimate of drug-likeness (QED) is 0.920. The van der Waals surface area contributed by atoms with Crippen LogP contribution in [-0.4, -0.2) is 35.1 Å². The van der Waals surface area contributed by atoms with E-state index < -0.39 is 0 Å². The Morgan fingerprint density at radius 1 is 1.35 bits per heavy atom. The molecule has 1 aromatic carbocycles. The maximum absolute atomic E-state index is 11.6. The fourth-order valence-electron chi connectivity index (χ4n) is 2.88. The number of hydrogen-bond acceptors (Lipinski definition) is 5. The van der Waals surface area contributed by atoms with Gasteiger partial charge in [0.1, 0.15) is 6.10 Å². The summed E-state index contributed by atoms with van der Waals surface area (Å²) in [7, 11) is 0. The molecule has 0 radical (unpaired) electrons. The molecular weight excluding hydrogens is 312 g/mol. The van der Waals surface area contributed by atoms with Crippen molar-refractivity contribution in [1.29, 1.82) is 0 Å². The molecule has 2 aliphatic rings. The molecule has 0 aromatic heterocycles.